The lowest BCUT2D eigenvalue weighted by atomic mass is 9.47. The van der Waals surface area contributed by atoms with E-state index in [1.807, 2.05) is 0 Å². The number of ether oxygens (including phenoxy) is 1. The van der Waals surface area contributed by atoms with Crippen LogP contribution in [0.4, 0.5) is 0 Å². The molecule has 0 radical (unpaired) electrons. The summed E-state index contributed by atoms with van der Waals surface area (Å²) in [6.45, 7) is 18.1. The fourth-order valence-electron chi connectivity index (χ4n) is 15.3. The highest BCUT2D eigenvalue weighted by Gasteiger charge is 2.54. The van der Waals surface area contributed by atoms with Gasteiger partial charge in [0.1, 0.15) is 17.2 Å². The number of aryl methyl sites for hydroxylation is 2. The van der Waals surface area contributed by atoms with E-state index in [0.29, 0.717) is 11.5 Å². The summed E-state index contributed by atoms with van der Waals surface area (Å²) < 4.78 is 6.14. The van der Waals surface area contributed by atoms with Gasteiger partial charge < -0.3 is 14.9 Å². The van der Waals surface area contributed by atoms with Crippen LogP contribution in [0.2, 0.25) is 0 Å². The van der Waals surface area contributed by atoms with Crippen LogP contribution in [0.1, 0.15) is 152 Å². The minimum Gasteiger partial charge on any atom is -0.507 e. The molecular weight excluding hydrogens is 783 g/mol. The summed E-state index contributed by atoms with van der Waals surface area (Å²) in [5.41, 5.74) is 14.4. The van der Waals surface area contributed by atoms with Gasteiger partial charge >= 0.3 is 0 Å². The van der Waals surface area contributed by atoms with Crippen molar-refractivity contribution in [2.45, 2.75) is 154 Å². The van der Waals surface area contributed by atoms with Gasteiger partial charge in [-0.2, -0.15) is 0 Å². The van der Waals surface area contributed by atoms with Gasteiger partial charge in [-0.1, -0.05) is 89.1 Å². The van der Waals surface area contributed by atoms with Gasteiger partial charge in [0, 0.05) is 45.5 Å². The number of hydrogen-bond donors (Lipinski definition) is 2. The summed E-state index contributed by atoms with van der Waals surface area (Å²) >= 11 is 0. The second kappa shape index (κ2) is 14.7. The number of pyridine rings is 1. The summed E-state index contributed by atoms with van der Waals surface area (Å²) in [4.78, 5) is 5.59. The van der Waals surface area contributed by atoms with Crippen LogP contribution >= 0.6 is 0 Å². The van der Waals surface area contributed by atoms with Crippen molar-refractivity contribution in [1.29, 1.82) is 0 Å². The standard InChI is InChI=1S/C60H71NO3/c1-34-10-12-45(49-22-42(57(3,4)5)24-51(55(49)62)59-28-36-16-37(29-59)18-38(17-36)30-59)47(14-34)53-26-44(64-9)27-54(61-53)48-15-35(2)11-13-46(48)50-23-43(58(6,7)8)25-52(56(50)63)60-31-39-19-40(32-60)21-41(20-39)33-60/h10-15,22-27,36-41,62-63H,16-21,28-33H2,1-9H3. The van der Waals surface area contributed by atoms with E-state index in [0.717, 1.165) is 97.2 Å². The Hall–Kier alpha value is -4.57. The highest BCUT2D eigenvalue weighted by molar-refractivity contribution is 5.90. The van der Waals surface area contributed by atoms with Crippen molar-refractivity contribution in [2.24, 2.45) is 35.5 Å². The molecule has 8 saturated carbocycles. The molecule has 8 bridgehead atoms. The molecule has 8 aliphatic rings. The summed E-state index contributed by atoms with van der Waals surface area (Å²) in [5, 5.41) is 25.6. The van der Waals surface area contributed by atoms with Crippen LogP contribution in [0.5, 0.6) is 17.2 Å². The van der Waals surface area contributed by atoms with Crippen LogP contribution in [0.15, 0.2) is 72.8 Å². The molecule has 0 saturated heterocycles. The second-order valence-corrected chi connectivity index (χ2v) is 24.6. The van der Waals surface area contributed by atoms with Crippen molar-refractivity contribution >= 4 is 0 Å². The molecule has 8 aliphatic carbocycles. The number of nitrogens with zero attached hydrogens (tertiary/aromatic N) is 1. The number of phenols is 2. The van der Waals surface area contributed by atoms with E-state index in [1.165, 1.54) is 99.3 Å². The molecule has 0 spiro atoms. The molecule has 5 aromatic rings. The molecule has 64 heavy (non-hydrogen) atoms. The maximum Gasteiger partial charge on any atom is 0.127 e. The normalized spacial score (nSPS) is 29.1. The number of methoxy groups -OCH3 is 1. The Balaban J connectivity index is 1.08. The Labute approximate surface area is 383 Å². The lowest BCUT2D eigenvalue weighted by molar-refractivity contribution is -0.00631. The highest BCUT2D eigenvalue weighted by Crippen LogP contribution is 2.64. The molecule has 4 aromatic carbocycles. The molecule has 8 fully saturated rings. The number of hydrogen-bond acceptors (Lipinski definition) is 4. The van der Waals surface area contributed by atoms with E-state index in [-0.39, 0.29) is 21.7 Å². The molecule has 0 unspecified atom stereocenters. The number of rotatable bonds is 7. The van der Waals surface area contributed by atoms with Crippen molar-refractivity contribution in [3.63, 3.8) is 0 Å². The van der Waals surface area contributed by atoms with Crippen molar-refractivity contribution in [1.82, 2.24) is 4.98 Å². The first kappa shape index (κ1) is 42.1. The highest BCUT2D eigenvalue weighted by atomic mass is 16.5. The predicted octanol–water partition coefficient (Wildman–Crippen LogP) is 15.3. The molecule has 0 amide bonds. The van der Waals surface area contributed by atoms with Crippen LogP contribution in [0.3, 0.4) is 0 Å². The number of phenolic OH excluding ortho intramolecular Hbond substituents is 2. The second-order valence-electron chi connectivity index (χ2n) is 24.6. The zero-order valence-corrected chi connectivity index (χ0v) is 40.1. The Morgan fingerprint density at radius 2 is 0.812 bits per heavy atom. The third kappa shape index (κ3) is 7.02. The quantitative estimate of drug-likeness (QED) is 0.171. The van der Waals surface area contributed by atoms with Crippen LogP contribution < -0.4 is 4.74 Å². The summed E-state index contributed by atoms with van der Waals surface area (Å²) in [5.74, 6) is 6.27. The molecule has 1 aromatic heterocycles. The minimum atomic E-state index is -0.0985. The molecule has 13 rings (SSSR count). The Morgan fingerprint density at radius 1 is 0.469 bits per heavy atom. The maximum absolute atomic E-state index is 12.8. The van der Waals surface area contributed by atoms with E-state index in [2.05, 4.69) is 128 Å². The molecular formula is C60H71NO3. The van der Waals surface area contributed by atoms with Crippen LogP contribution in [-0.2, 0) is 21.7 Å². The van der Waals surface area contributed by atoms with Crippen LogP contribution in [-0.4, -0.2) is 22.3 Å². The number of benzene rings is 4. The predicted molar refractivity (Wildman–Crippen MR) is 262 cm³/mol. The third-order valence-corrected chi connectivity index (χ3v) is 17.7. The van der Waals surface area contributed by atoms with E-state index in [9.17, 15) is 10.2 Å². The molecule has 1 heterocycles. The third-order valence-electron chi connectivity index (χ3n) is 17.7. The zero-order chi connectivity index (χ0) is 44.7. The molecule has 334 valence electrons. The van der Waals surface area contributed by atoms with E-state index in [1.54, 1.807) is 7.11 Å². The molecule has 0 atom stereocenters. The average molecular weight is 854 g/mol. The summed E-state index contributed by atoms with van der Waals surface area (Å²) in [6, 6.07) is 26.7. The first-order chi connectivity index (χ1) is 30.4. The van der Waals surface area contributed by atoms with Gasteiger partial charge in [0.2, 0.25) is 0 Å². The van der Waals surface area contributed by atoms with Gasteiger partial charge in [0.05, 0.1) is 18.5 Å². The fourth-order valence-corrected chi connectivity index (χ4v) is 15.3. The smallest absolute Gasteiger partial charge is 0.127 e. The molecule has 4 nitrogen and oxygen atoms in total. The SMILES string of the molecule is COc1cc(-c2cc(C)ccc2-c2cc(C(C)(C)C)cc(C34CC5CC(CC(C5)C3)C4)c2O)nc(-c2cc(C)ccc2-c2cc(C(C)(C)C)cc(C34CC5CC(CC(C5)C3)C4)c2O)c1. The van der Waals surface area contributed by atoms with E-state index >= 15 is 0 Å². The summed E-state index contributed by atoms with van der Waals surface area (Å²) in [6.07, 6.45) is 15.4. The number of aromatic nitrogens is 1. The lowest BCUT2D eigenvalue weighted by Gasteiger charge is -2.57. The maximum atomic E-state index is 12.8. The first-order valence-corrected chi connectivity index (χ1v) is 24.9. The Kier molecular flexibility index (Phi) is 9.68. The van der Waals surface area contributed by atoms with Gasteiger partial charge in [0.15, 0.2) is 0 Å². The van der Waals surface area contributed by atoms with Crippen molar-refractivity contribution < 1.29 is 14.9 Å². The monoisotopic (exact) mass is 854 g/mol. The topological polar surface area (TPSA) is 62.6 Å². The van der Waals surface area contributed by atoms with Gasteiger partial charge in [0.25, 0.3) is 0 Å². The van der Waals surface area contributed by atoms with Crippen molar-refractivity contribution in [3.8, 4) is 62.0 Å². The summed E-state index contributed by atoms with van der Waals surface area (Å²) in [7, 11) is 1.74. The zero-order valence-electron chi connectivity index (χ0n) is 40.1. The molecule has 2 N–H and O–H groups in total. The first-order valence-electron chi connectivity index (χ1n) is 24.9. The van der Waals surface area contributed by atoms with Crippen molar-refractivity contribution in [2.75, 3.05) is 7.11 Å². The van der Waals surface area contributed by atoms with Gasteiger partial charge in [-0.15, -0.1) is 0 Å². The van der Waals surface area contributed by atoms with Crippen molar-refractivity contribution in [3.05, 3.63) is 106 Å². The minimum absolute atomic E-state index is 0.0358. The van der Waals surface area contributed by atoms with Gasteiger partial charge in [-0.25, -0.2) is 4.98 Å². The van der Waals surface area contributed by atoms with Gasteiger partial charge in [-0.05, 0) is 195 Å². The fraction of sp³-hybridized carbons (Fsp3) is 0.517. The lowest BCUT2D eigenvalue weighted by Crippen LogP contribution is -2.48. The molecule has 4 heteroatoms. The van der Waals surface area contributed by atoms with Crippen LogP contribution in [0.25, 0.3) is 44.8 Å². The number of aromatic hydroxyl groups is 2. The largest absolute Gasteiger partial charge is 0.507 e. The van der Waals surface area contributed by atoms with Gasteiger partial charge in [-0.3, -0.25) is 0 Å². The Morgan fingerprint density at radius 3 is 1.12 bits per heavy atom. The average Bonchev–Trinajstić information content (AvgIpc) is 3.22. The van der Waals surface area contributed by atoms with Crippen LogP contribution in [0, 0.1) is 49.4 Å². The Bertz CT molecular complexity index is 2440. The molecule has 0 aliphatic heterocycles. The van der Waals surface area contributed by atoms with E-state index in [4.69, 9.17) is 9.72 Å². The van der Waals surface area contributed by atoms with E-state index < -0.39 is 0 Å².